The number of benzene rings is 2. The van der Waals surface area contributed by atoms with Crippen molar-refractivity contribution in [2.75, 3.05) is 34.4 Å². The summed E-state index contributed by atoms with van der Waals surface area (Å²) in [6.07, 6.45) is 1.75. The summed E-state index contributed by atoms with van der Waals surface area (Å²) in [5.41, 5.74) is 4.62. The molecule has 1 aromatic heterocycles. The first kappa shape index (κ1) is 22.2. The summed E-state index contributed by atoms with van der Waals surface area (Å²) in [6.45, 7) is 2.47. The lowest BCUT2D eigenvalue weighted by Crippen LogP contribution is -2.44. The van der Waals surface area contributed by atoms with Crippen molar-refractivity contribution in [1.82, 2.24) is 20.2 Å². The highest BCUT2D eigenvalue weighted by Crippen LogP contribution is 2.33. The first-order valence-electron chi connectivity index (χ1n) is 9.85. The van der Waals surface area contributed by atoms with Gasteiger partial charge < -0.3 is 24.7 Å². The molecule has 2 heterocycles. The Morgan fingerprint density at radius 1 is 1.17 bits per heavy atom. The normalized spacial score (nSPS) is 13.6. The van der Waals surface area contributed by atoms with Gasteiger partial charge in [-0.2, -0.15) is 0 Å². The van der Waals surface area contributed by atoms with E-state index in [4.69, 9.17) is 9.47 Å². The predicted molar refractivity (Wildman–Crippen MR) is 130 cm³/mol. The molecule has 1 aliphatic rings. The number of aromatic nitrogens is 2. The molecular weight excluding hydrogens is 493 g/mol. The summed E-state index contributed by atoms with van der Waals surface area (Å²) in [4.78, 5) is 14.8. The maximum atomic E-state index is 5.46. The van der Waals surface area contributed by atoms with Crippen LogP contribution in [0.2, 0.25) is 0 Å². The molecule has 0 saturated carbocycles. The molecule has 0 unspecified atom stereocenters. The third-order valence-electron chi connectivity index (χ3n) is 5.31. The largest absolute Gasteiger partial charge is 0.493 e. The Morgan fingerprint density at radius 3 is 2.60 bits per heavy atom. The molecule has 30 heavy (non-hydrogen) atoms. The number of ether oxygens (including phenoxy) is 2. The summed E-state index contributed by atoms with van der Waals surface area (Å²) in [6, 6.07) is 12.3. The summed E-state index contributed by atoms with van der Waals surface area (Å²) in [5, 5.41) is 3.47. The molecule has 0 saturated heterocycles. The second-order valence-corrected chi connectivity index (χ2v) is 7.07. The molecule has 0 spiro atoms. The number of H-pyrrole nitrogens is 1. The van der Waals surface area contributed by atoms with Gasteiger partial charge in [-0.25, -0.2) is 4.98 Å². The van der Waals surface area contributed by atoms with Gasteiger partial charge in [0.05, 0.1) is 25.3 Å². The van der Waals surface area contributed by atoms with E-state index in [1.54, 1.807) is 14.2 Å². The van der Waals surface area contributed by atoms with Gasteiger partial charge in [0, 0.05) is 33.1 Å². The number of halogens is 1. The van der Waals surface area contributed by atoms with Crippen LogP contribution in [0.4, 0.5) is 0 Å². The number of fused-ring (bicyclic) bond motifs is 2. The number of imidazole rings is 1. The molecule has 2 N–H and O–H groups in total. The number of methoxy groups -OCH3 is 2. The minimum atomic E-state index is 0. The number of nitrogens with zero attached hydrogens (tertiary/aromatic N) is 3. The second-order valence-electron chi connectivity index (χ2n) is 7.07. The van der Waals surface area contributed by atoms with Gasteiger partial charge in [0.1, 0.15) is 5.82 Å². The molecule has 4 rings (SSSR count). The Balaban J connectivity index is 0.00000256. The molecule has 0 bridgehead atoms. The number of para-hydroxylation sites is 2. The number of guanidine groups is 1. The van der Waals surface area contributed by atoms with Crippen molar-refractivity contribution in [3.05, 3.63) is 53.3 Å². The van der Waals surface area contributed by atoms with Crippen LogP contribution >= 0.6 is 24.0 Å². The Morgan fingerprint density at radius 2 is 1.90 bits per heavy atom. The zero-order valence-corrected chi connectivity index (χ0v) is 19.9. The van der Waals surface area contributed by atoms with E-state index in [0.29, 0.717) is 0 Å². The van der Waals surface area contributed by atoms with Crippen LogP contribution < -0.4 is 14.8 Å². The molecule has 1 aliphatic heterocycles. The number of hydrogen-bond acceptors (Lipinski definition) is 4. The topological polar surface area (TPSA) is 74.8 Å². The first-order valence-corrected chi connectivity index (χ1v) is 9.85. The zero-order valence-electron chi connectivity index (χ0n) is 17.6. The van der Waals surface area contributed by atoms with Crippen molar-refractivity contribution < 1.29 is 9.47 Å². The molecule has 0 aliphatic carbocycles. The van der Waals surface area contributed by atoms with Crippen LogP contribution in [-0.2, 0) is 19.4 Å². The van der Waals surface area contributed by atoms with Crippen LogP contribution in [0.15, 0.2) is 41.4 Å². The minimum absolute atomic E-state index is 0. The van der Waals surface area contributed by atoms with Gasteiger partial charge >= 0.3 is 0 Å². The smallest absolute Gasteiger partial charge is 0.193 e. The summed E-state index contributed by atoms with van der Waals surface area (Å²) in [7, 11) is 5.17. The summed E-state index contributed by atoms with van der Waals surface area (Å²) >= 11 is 0. The average molecular weight is 521 g/mol. The number of aliphatic imine (C=N–C) groups is 1. The van der Waals surface area contributed by atoms with E-state index < -0.39 is 0 Å². The van der Waals surface area contributed by atoms with E-state index in [2.05, 4.69) is 37.3 Å². The molecule has 0 fully saturated rings. The minimum Gasteiger partial charge on any atom is -0.493 e. The highest BCUT2D eigenvalue weighted by molar-refractivity contribution is 14.0. The lowest BCUT2D eigenvalue weighted by molar-refractivity contribution is 0.346. The van der Waals surface area contributed by atoms with Crippen LogP contribution in [0.1, 0.15) is 17.0 Å². The van der Waals surface area contributed by atoms with Crippen LogP contribution in [-0.4, -0.2) is 55.2 Å². The third kappa shape index (κ3) is 4.63. The monoisotopic (exact) mass is 521 g/mol. The highest BCUT2D eigenvalue weighted by atomic mass is 127. The van der Waals surface area contributed by atoms with Gasteiger partial charge in [-0.05, 0) is 41.8 Å². The Hall–Kier alpha value is -2.49. The van der Waals surface area contributed by atoms with E-state index in [1.165, 1.54) is 11.1 Å². The molecule has 160 valence electrons. The van der Waals surface area contributed by atoms with E-state index >= 15 is 0 Å². The van der Waals surface area contributed by atoms with E-state index in [-0.39, 0.29) is 24.0 Å². The van der Waals surface area contributed by atoms with Crippen LogP contribution in [0, 0.1) is 0 Å². The first-order chi connectivity index (χ1) is 14.2. The van der Waals surface area contributed by atoms with Gasteiger partial charge in [0.25, 0.3) is 0 Å². The van der Waals surface area contributed by atoms with Crippen molar-refractivity contribution in [1.29, 1.82) is 0 Å². The number of hydrogen-bond donors (Lipinski definition) is 2. The Kier molecular flexibility index (Phi) is 7.41. The van der Waals surface area contributed by atoms with E-state index in [9.17, 15) is 0 Å². The average Bonchev–Trinajstić information content (AvgIpc) is 3.18. The maximum absolute atomic E-state index is 5.46. The molecule has 0 amide bonds. The van der Waals surface area contributed by atoms with Crippen LogP contribution in [0.25, 0.3) is 11.0 Å². The van der Waals surface area contributed by atoms with Gasteiger partial charge in [-0.15, -0.1) is 24.0 Å². The summed E-state index contributed by atoms with van der Waals surface area (Å²) in [5.74, 6) is 3.44. The van der Waals surface area contributed by atoms with Crippen molar-refractivity contribution in [2.24, 2.45) is 4.99 Å². The zero-order chi connectivity index (χ0) is 20.2. The predicted octanol–water partition coefficient (Wildman–Crippen LogP) is 3.37. The number of nitrogens with one attached hydrogen (secondary N) is 2. The Bertz CT molecular complexity index is 1000. The molecule has 8 heteroatoms. The lowest BCUT2D eigenvalue weighted by Gasteiger charge is -2.32. The fourth-order valence-electron chi connectivity index (χ4n) is 3.81. The fraction of sp³-hybridized carbons (Fsp3) is 0.364. The van der Waals surface area contributed by atoms with Gasteiger partial charge in [0.15, 0.2) is 17.5 Å². The SMILES string of the molecule is CN=C(NCCc1nc2ccccc2[nH]1)N1CCc2cc(OC)c(OC)cc2C1.I. The van der Waals surface area contributed by atoms with Crippen LogP contribution in [0.3, 0.4) is 0 Å². The second kappa shape index (κ2) is 10.0. The van der Waals surface area contributed by atoms with E-state index in [0.717, 1.165) is 66.8 Å². The molecule has 3 aromatic rings. The van der Waals surface area contributed by atoms with Crippen molar-refractivity contribution in [3.8, 4) is 11.5 Å². The third-order valence-corrected chi connectivity index (χ3v) is 5.31. The summed E-state index contributed by atoms with van der Waals surface area (Å²) < 4.78 is 10.9. The molecule has 2 aromatic carbocycles. The van der Waals surface area contributed by atoms with Crippen molar-refractivity contribution in [2.45, 2.75) is 19.4 Å². The maximum Gasteiger partial charge on any atom is 0.193 e. The standard InChI is InChI=1S/C22H27N5O2.HI/c1-23-22(24-10-8-21-25-17-6-4-5-7-18(17)26-21)27-11-9-15-12-19(28-2)20(29-3)13-16(15)14-27;/h4-7,12-13H,8-11,14H2,1-3H3,(H,23,24)(H,25,26);1H. The van der Waals surface area contributed by atoms with E-state index in [1.807, 2.05) is 31.3 Å². The van der Waals surface area contributed by atoms with Crippen LogP contribution in [0.5, 0.6) is 11.5 Å². The highest BCUT2D eigenvalue weighted by Gasteiger charge is 2.21. The molecule has 0 radical (unpaired) electrons. The fourth-order valence-corrected chi connectivity index (χ4v) is 3.81. The number of aromatic amines is 1. The number of rotatable bonds is 5. The van der Waals surface area contributed by atoms with Crippen molar-refractivity contribution in [3.63, 3.8) is 0 Å². The molecular formula is C22H28IN5O2. The van der Waals surface area contributed by atoms with Crippen molar-refractivity contribution >= 4 is 41.0 Å². The lowest BCUT2D eigenvalue weighted by atomic mass is 9.99. The molecule has 0 atom stereocenters. The Labute approximate surface area is 193 Å². The van der Waals surface area contributed by atoms with Gasteiger partial charge in [0.2, 0.25) is 0 Å². The molecule has 7 nitrogen and oxygen atoms in total. The van der Waals surface area contributed by atoms with Gasteiger partial charge in [-0.1, -0.05) is 12.1 Å². The van der Waals surface area contributed by atoms with Gasteiger partial charge in [-0.3, -0.25) is 4.99 Å². The quantitative estimate of drug-likeness (QED) is 0.306.